The molecule has 5 fully saturated rings. The first kappa shape index (κ1) is 23.5. The van der Waals surface area contributed by atoms with E-state index in [1.54, 1.807) is 0 Å². The predicted molar refractivity (Wildman–Crippen MR) is 131 cm³/mol. The van der Waals surface area contributed by atoms with Crippen LogP contribution in [0.5, 0.6) is 0 Å². The molecule has 0 radical (unpaired) electrons. The van der Waals surface area contributed by atoms with E-state index in [0.29, 0.717) is 10.8 Å². The van der Waals surface area contributed by atoms with Crippen molar-refractivity contribution in [2.24, 2.45) is 57.7 Å². The molecule has 1 spiro atoms. The minimum atomic E-state index is -0.189. The molecule has 0 aliphatic heterocycles. The van der Waals surface area contributed by atoms with Crippen LogP contribution >= 0.6 is 11.6 Å². The van der Waals surface area contributed by atoms with Crippen molar-refractivity contribution in [3.63, 3.8) is 0 Å². The Morgan fingerprint density at radius 3 is 2.50 bits per heavy atom. The van der Waals surface area contributed by atoms with E-state index in [-0.39, 0.29) is 23.4 Å². The fourth-order valence-corrected chi connectivity index (χ4v) is 10.7. The zero-order valence-electron chi connectivity index (χ0n) is 21.3. The predicted octanol–water partition coefficient (Wildman–Crippen LogP) is 7.87. The van der Waals surface area contributed by atoms with Gasteiger partial charge in [0.1, 0.15) is 12.0 Å². The van der Waals surface area contributed by atoms with Crippen molar-refractivity contribution in [3.8, 4) is 0 Å². The Morgan fingerprint density at radius 1 is 1.03 bits per heavy atom. The van der Waals surface area contributed by atoms with Gasteiger partial charge >= 0.3 is 5.97 Å². The van der Waals surface area contributed by atoms with Crippen LogP contribution in [0.4, 0.5) is 0 Å². The van der Waals surface area contributed by atoms with E-state index in [1.807, 2.05) is 0 Å². The molecule has 32 heavy (non-hydrogen) atoms. The number of hydrogen-bond donors (Lipinski definition) is 0. The lowest BCUT2D eigenvalue weighted by molar-refractivity contribution is -0.182. The summed E-state index contributed by atoms with van der Waals surface area (Å²) < 4.78 is 6.17. The monoisotopic (exact) mass is 462 g/mol. The Labute approximate surface area is 202 Å². The molecule has 5 aliphatic carbocycles. The summed E-state index contributed by atoms with van der Waals surface area (Å²) in [6.45, 7) is 12.5. The minimum Gasteiger partial charge on any atom is -0.461 e. The van der Waals surface area contributed by atoms with Crippen molar-refractivity contribution in [1.82, 2.24) is 0 Å². The average molecular weight is 463 g/mol. The molecule has 0 N–H and O–H groups in total. The minimum absolute atomic E-state index is 0.000827. The van der Waals surface area contributed by atoms with Crippen LogP contribution in [-0.4, -0.2) is 18.0 Å². The van der Waals surface area contributed by atoms with E-state index < -0.39 is 0 Å². The molecule has 5 saturated carbocycles. The first-order chi connectivity index (χ1) is 15.2. The van der Waals surface area contributed by atoms with E-state index in [1.165, 1.54) is 64.2 Å². The molecule has 0 aromatic carbocycles. The molecular weight excluding hydrogens is 416 g/mol. The second-order valence-corrected chi connectivity index (χ2v) is 13.9. The Kier molecular flexibility index (Phi) is 6.00. The van der Waals surface area contributed by atoms with Crippen molar-refractivity contribution < 1.29 is 9.53 Å². The van der Waals surface area contributed by atoms with Crippen molar-refractivity contribution in [1.29, 1.82) is 0 Å². The number of halogens is 1. The average Bonchev–Trinajstić information content (AvgIpc) is 3.26. The number of carbonyl (C=O) groups is 1. The molecule has 0 aromatic heterocycles. The number of rotatable bonds is 7. The highest BCUT2D eigenvalue weighted by molar-refractivity contribution is 6.26. The topological polar surface area (TPSA) is 26.3 Å². The third-order valence-electron chi connectivity index (χ3n) is 12.1. The molecule has 0 aromatic rings. The highest BCUT2D eigenvalue weighted by Gasteiger charge is 2.78. The molecule has 0 amide bonds. The van der Waals surface area contributed by atoms with E-state index in [2.05, 4.69) is 34.6 Å². The standard InChI is InChI=1S/C29H47ClO2/c1-18(2)7-6-8-19(3)22-9-10-23-21-15-25(32-26(31)17-30)29-16-20(29)11-14-28(29,5)24(21)12-13-27(22,23)4/h18-25H,6-17H2,1-5H3/t19-,20+,21-,22-,23+,24-,25-,27+,28+,29-/m0/s1. The Bertz CT molecular complexity index is 735. The maximum absolute atomic E-state index is 12.3. The van der Waals surface area contributed by atoms with Gasteiger partial charge in [0.15, 0.2) is 0 Å². The van der Waals surface area contributed by atoms with E-state index in [0.717, 1.165) is 47.8 Å². The zero-order chi connectivity index (χ0) is 22.9. The summed E-state index contributed by atoms with van der Waals surface area (Å²) in [5.41, 5.74) is 1.15. The van der Waals surface area contributed by atoms with Gasteiger partial charge in [-0.05, 0) is 104 Å². The fourth-order valence-electron chi connectivity index (χ4n) is 10.6. The summed E-state index contributed by atoms with van der Waals surface area (Å²) in [5, 5.41) is 0. The highest BCUT2D eigenvalue weighted by atomic mass is 35.5. The summed E-state index contributed by atoms with van der Waals surface area (Å²) in [6.07, 6.45) is 15.1. The summed E-state index contributed by atoms with van der Waals surface area (Å²) in [7, 11) is 0. The van der Waals surface area contributed by atoms with Crippen molar-refractivity contribution in [3.05, 3.63) is 0 Å². The van der Waals surface area contributed by atoms with Crippen LogP contribution in [0.15, 0.2) is 0 Å². The van der Waals surface area contributed by atoms with Crippen molar-refractivity contribution in [2.75, 3.05) is 5.88 Å². The van der Waals surface area contributed by atoms with E-state index in [9.17, 15) is 4.79 Å². The third-order valence-corrected chi connectivity index (χ3v) is 12.3. The smallest absolute Gasteiger partial charge is 0.321 e. The summed E-state index contributed by atoms with van der Waals surface area (Å²) in [5.74, 6) is 5.56. The molecule has 0 bridgehead atoms. The quantitative estimate of drug-likeness (QED) is 0.284. The van der Waals surface area contributed by atoms with Crippen LogP contribution in [0.1, 0.15) is 105 Å². The number of hydrogen-bond acceptors (Lipinski definition) is 2. The van der Waals surface area contributed by atoms with Crippen molar-refractivity contribution >= 4 is 17.6 Å². The van der Waals surface area contributed by atoms with Crippen LogP contribution in [0.25, 0.3) is 0 Å². The van der Waals surface area contributed by atoms with Gasteiger partial charge in [0.25, 0.3) is 0 Å². The number of esters is 1. The second-order valence-electron chi connectivity index (χ2n) is 13.7. The van der Waals surface area contributed by atoms with Crippen LogP contribution in [-0.2, 0) is 9.53 Å². The summed E-state index contributed by atoms with van der Waals surface area (Å²) in [6, 6.07) is 0. The van der Waals surface area contributed by atoms with Crippen LogP contribution in [0, 0.1) is 57.7 Å². The van der Waals surface area contributed by atoms with Gasteiger partial charge in [-0.3, -0.25) is 4.79 Å². The van der Waals surface area contributed by atoms with Crippen molar-refractivity contribution in [2.45, 2.75) is 111 Å². The molecule has 3 heteroatoms. The molecule has 0 heterocycles. The molecule has 5 aliphatic rings. The second kappa shape index (κ2) is 8.17. The zero-order valence-corrected chi connectivity index (χ0v) is 22.1. The van der Waals surface area contributed by atoms with Crippen LogP contribution < -0.4 is 0 Å². The number of fused-ring (bicyclic) bond motifs is 4. The van der Waals surface area contributed by atoms with Gasteiger partial charge in [-0.1, -0.05) is 53.9 Å². The number of ether oxygens (including phenoxy) is 1. The fraction of sp³-hybridized carbons (Fsp3) is 0.966. The summed E-state index contributed by atoms with van der Waals surface area (Å²) in [4.78, 5) is 12.3. The Morgan fingerprint density at radius 2 is 1.81 bits per heavy atom. The Hall–Kier alpha value is -0.240. The molecule has 5 rings (SSSR count). The maximum Gasteiger partial charge on any atom is 0.321 e. The molecule has 2 nitrogen and oxygen atoms in total. The van der Waals surface area contributed by atoms with E-state index in [4.69, 9.17) is 16.3 Å². The molecular formula is C29H47ClO2. The lowest BCUT2D eigenvalue weighted by atomic mass is 9.45. The van der Waals surface area contributed by atoms with Gasteiger partial charge in [-0.25, -0.2) is 0 Å². The largest absolute Gasteiger partial charge is 0.461 e. The lowest BCUT2D eigenvalue weighted by Crippen LogP contribution is -2.57. The number of alkyl halides is 1. The van der Waals surface area contributed by atoms with Gasteiger partial charge < -0.3 is 4.74 Å². The van der Waals surface area contributed by atoms with Crippen LogP contribution in [0.3, 0.4) is 0 Å². The Balaban J connectivity index is 1.37. The number of carbonyl (C=O) groups excluding carboxylic acids is 1. The maximum atomic E-state index is 12.3. The van der Waals surface area contributed by atoms with E-state index >= 15 is 0 Å². The normalized spacial score (nSPS) is 49.7. The van der Waals surface area contributed by atoms with Gasteiger partial charge in [-0.2, -0.15) is 0 Å². The summed E-state index contributed by atoms with van der Waals surface area (Å²) >= 11 is 5.90. The highest BCUT2D eigenvalue weighted by Crippen LogP contribution is 2.82. The SMILES string of the molecule is CC(C)CCC[C@H](C)[C@@H]1CC[C@@H]2[C@@H]3C[C@H](OC(=O)CCl)[C@]45C[C@H]4CC[C@]5(C)[C@H]3CC[C@@]21C. The van der Waals surface area contributed by atoms with Gasteiger partial charge in [0.2, 0.25) is 0 Å². The van der Waals surface area contributed by atoms with Gasteiger partial charge in [0.05, 0.1) is 0 Å². The third kappa shape index (κ3) is 3.27. The first-order valence-electron chi connectivity index (χ1n) is 13.9. The van der Waals surface area contributed by atoms with Gasteiger partial charge in [-0.15, -0.1) is 11.6 Å². The molecule has 0 unspecified atom stereocenters. The van der Waals surface area contributed by atoms with Crippen LogP contribution in [0.2, 0.25) is 0 Å². The molecule has 10 atom stereocenters. The van der Waals surface area contributed by atoms with Gasteiger partial charge in [0, 0.05) is 5.41 Å². The first-order valence-corrected chi connectivity index (χ1v) is 14.5. The molecule has 182 valence electrons. The molecule has 0 saturated heterocycles. The lowest BCUT2D eigenvalue weighted by Gasteiger charge is -2.60.